The number of para-hydroxylation sites is 1. The zero-order valence-electron chi connectivity index (χ0n) is 9.85. The summed E-state index contributed by atoms with van der Waals surface area (Å²) in [5.41, 5.74) is 1.02. The van der Waals surface area contributed by atoms with Crippen molar-refractivity contribution in [2.24, 2.45) is 0 Å². The van der Waals surface area contributed by atoms with Crippen LogP contribution in [0, 0.1) is 0 Å². The van der Waals surface area contributed by atoms with Crippen LogP contribution < -0.4 is 5.32 Å². The van der Waals surface area contributed by atoms with Crippen molar-refractivity contribution in [3.05, 3.63) is 29.8 Å². The SMILES string of the molecule is COC1CCC(Nc2ccccc2C(=O)O)C1. The van der Waals surface area contributed by atoms with Gasteiger partial charge in [0.1, 0.15) is 0 Å². The van der Waals surface area contributed by atoms with Crippen LogP contribution in [0.15, 0.2) is 24.3 Å². The first-order chi connectivity index (χ1) is 8.20. The minimum atomic E-state index is -0.894. The van der Waals surface area contributed by atoms with Crippen molar-refractivity contribution in [2.45, 2.75) is 31.4 Å². The van der Waals surface area contributed by atoms with E-state index in [1.54, 1.807) is 19.2 Å². The van der Waals surface area contributed by atoms with Gasteiger partial charge in [-0.05, 0) is 31.4 Å². The van der Waals surface area contributed by atoms with Crippen LogP contribution in [0.2, 0.25) is 0 Å². The molecule has 0 heterocycles. The Kier molecular flexibility index (Phi) is 3.64. The molecular weight excluding hydrogens is 218 g/mol. The molecule has 1 aliphatic rings. The quantitative estimate of drug-likeness (QED) is 0.841. The highest BCUT2D eigenvalue weighted by Gasteiger charge is 2.25. The lowest BCUT2D eigenvalue weighted by atomic mass is 10.1. The average molecular weight is 235 g/mol. The van der Waals surface area contributed by atoms with Crippen molar-refractivity contribution < 1.29 is 14.6 Å². The molecule has 2 unspecified atom stereocenters. The normalized spacial score (nSPS) is 23.6. The van der Waals surface area contributed by atoms with Gasteiger partial charge in [0.15, 0.2) is 0 Å². The molecular formula is C13H17NO3. The zero-order chi connectivity index (χ0) is 12.3. The third kappa shape index (κ3) is 2.77. The fourth-order valence-electron chi connectivity index (χ4n) is 2.30. The first-order valence-electron chi connectivity index (χ1n) is 5.82. The van der Waals surface area contributed by atoms with E-state index in [1.165, 1.54) is 0 Å². The van der Waals surface area contributed by atoms with E-state index in [-0.39, 0.29) is 0 Å². The zero-order valence-corrected chi connectivity index (χ0v) is 9.85. The van der Waals surface area contributed by atoms with Gasteiger partial charge in [-0.3, -0.25) is 0 Å². The average Bonchev–Trinajstić information content (AvgIpc) is 2.77. The van der Waals surface area contributed by atoms with E-state index in [2.05, 4.69) is 5.32 Å². The molecule has 0 aromatic heterocycles. The Morgan fingerprint density at radius 1 is 1.41 bits per heavy atom. The molecule has 92 valence electrons. The summed E-state index contributed by atoms with van der Waals surface area (Å²) in [5.74, 6) is -0.894. The number of methoxy groups -OCH3 is 1. The number of carboxylic acid groups (broad SMARTS) is 1. The molecule has 0 amide bonds. The monoisotopic (exact) mass is 235 g/mol. The molecule has 4 heteroatoms. The molecule has 4 nitrogen and oxygen atoms in total. The highest BCUT2D eigenvalue weighted by molar-refractivity contribution is 5.94. The maximum atomic E-state index is 11.1. The fraction of sp³-hybridized carbons (Fsp3) is 0.462. The summed E-state index contributed by atoms with van der Waals surface area (Å²) in [6, 6.07) is 7.32. The highest BCUT2D eigenvalue weighted by Crippen LogP contribution is 2.26. The fourth-order valence-corrected chi connectivity index (χ4v) is 2.30. The van der Waals surface area contributed by atoms with Crippen LogP contribution in [0.3, 0.4) is 0 Å². The number of hydrogen-bond acceptors (Lipinski definition) is 3. The Morgan fingerprint density at radius 2 is 2.18 bits per heavy atom. The minimum Gasteiger partial charge on any atom is -0.478 e. The molecule has 2 rings (SSSR count). The van der Waals surface area contributed by atoms with Crippen molar-refractivity contribution in [1.29, 1.82) is 0 Å². The van der Waals surface area contributed by atoms with Gasteiger partial charge in [-0.25, -0.2) is 4.79 Å². The summed E-state index contributed by atoms with van der Waals surface area (Å²) in [6.45, 7) is 0. The number of ether oxygens (including phenoxy) is 1. The third-order valence-electron chi connectivity index (χ3n) is 3.23. The van der Waals surface area contributed by atoms with E-state index >= 15 is 0 Å². The summed E-state index contributed by atoms with van der Waals surface area (Å²) in [7, 11) is 1.72. The summed E-state index contributed by atoms with van der Waals surface area (Å²) in [4.78, 5) is 11.1. The molecule has 2 atom stereocenters. The van der Waals surface area contributed by atoms with Gasteiger partial charge < -0.3 is 15.2 Å². The van der Waals surface area contributed by atoms with Gasteiger partial charge in [-0.2, -0.15) is 0 Å². The van der Waals surface area contributed by atoms with Crippen molar-refractivity contribution in [3.63, 3.8) is 0 Å². The Bertz CT molecular complexity index is 405. The van der Waals surface area contributed by atoms with Crippen molar-refractivity contribution in [2.75, 3.05) is 12.4 Å². The van der Waals surface area contributed by atoms with E-state index in [0.717, 1.165) is 19.3 Å². The van der Waals surface area contributed by atoms with E-state index in [4.69, 9.17) is 9.84 Å². The lowest BCUT2D eigenvalue weighted by molar-refractivity contribution is 0.0698. The molecule has 1 aliphatic carbocycles. The standard InChI is InChI=1S/C13H17NO3/c1-17-10-7-6-9(8-10)14-12-5-3-2-4-11(12)13(15)16/h2-5,9-10,14H,6-8H2,1H3,(H,15,16). The highest BCUT2D eigenvalue weighted by atomic mass is 16.5. The Hall–Kier alpha value is -1.55. The van der Waals surface area contributed by atoms with Gasteiger partial charge in [0.2, 0.25) is 0 Å². The number of hydrogen-bond donors (Lipinski definition) is 2. The minimum absolute atomic E-state index is 0.296. The van der Waals surface area contributed by atoms with E-state index in [9.17, 15) is 4.79 Å². The first-order valence-corrected chi connectivity index (χ1v) is 5.82. The maximum Gasteiger partial charge on any atom is 0.337 e. The van der Waals surface area contributed by atoms with Crippen LogP contribution in [0.1, 0.15) is 29.6 Å². The van der Waals surface area contributed by atoms with Gasteiger partial charge in [-0.1, -0.05) is 12.1 Å². The molecule has 1 fully saturated rings. The van der Waals surface area contributed by atoms with Crippen molar-refractivity contribution >= 4 is 11.7 Å². The van der Waals surface area contributed by atoms with E-state index in [0.29, 0.717) is 23.4 Å². The van der Waals surface area contributed by atoms with Crippen LogP contribution in [0.25, 0.3) is 0 Å². The van der Waals surface area contributed by atoms with Crippen molar-refractivity contribution in [3.8, 4) is 0 Å². The van der Waals surface area contributed by atoms with Gasteiger partial charge in [0.25, 0.3) is 0 Å². The lowest BCUT2D eigenvalue weighted by Gasteiger charge is -2.16. The predicted molar refractivity (Wildman–Crippen MR) is 65.5 cm³/mol. The Balaban J connectivity index is 2.06. The number of aromatic carboxylic acids is 1. The molecule has 1 aromatic rings. The molecule has 0 saturated heterocycles. The first kappa shape index (κ1) is 11.9. The molecule has 1 saturated carbocycles. The molecule has 17 heavy (non-hydrogen) atoms. The number of rotatable bonds is 4. The van der Waals surface area contributed by atoms with Gasteiger partial charge in [0.05, 0.1) is 11.7 Å². The molecule has 0 bridgehead atoms. The summed E-state index contributed by atoms with van der Waals surface area (Å²) < 4.78 is 5.30. The third-order valence-corrected chi connectivity index (χ3v) is 3.23. The number of nitrogens with one attached hydrogen (secondary N) is 1. The number of benzene rings is 1. The number of carboxylic acids is 1. The second-order valence-corrected chi connectivity index (χ2v) is 4.36. The second-order valence-electron chi connectivity index (χ2n) is 4.36. The lowest BCUT2D eigenvalue weighted by Crippen LogP contribution is -2.19. The van der Waals surface area contributed by atoms with Crippen LogP contribution in [0.5, 0.6) is 0 Å². The maximum absolute atomic E-state index is 11.1. The Morgan fingerprint density at radius 3 is 2.82 bits per heavy atom. The summed E-state index contributed by atoms with van der Waals surface area (Å²) in [6.07, 6.45) is 3.28. The topological polar surface area (TPSA) is 58.6 Å². The number of carbonyl (C=O) groups is 1. The van der Waals surface area contributed by atoms with Crippen LogP contribution in [-0.2, 0) is 4.74 Å². The van der Waals surface area contributed by atoms with Crippen molar-refractivity contribution in [1.82, 2.24) is 0 Å². The van der Waals surface area contributed by atoms with Crippen LogP contribution in [-0.4, -0.2) is 30.3 Å². The van der Waals surface area contributed by atoms with Crippen LogP contribution in [0.4, 0.5) is 5.69 Å². The Labute approximate surface area is 101 Å². The molecule has 2 N–H and O–H groups in total. The van der Waals surface area contributed by atoms with Gasteiger partial charge >= 0.3 is 5.97 Å². The predicted octanol–water partition coefficient (Wildman–Crippen LogP) is 2.36. The molecule has 0 aliphatic heterocycles. The summed E-state index contributed by atoms with van der Waals surface area (Å²) in [5, 5.41) is 12.4. The largest absolute Gasteiger partial charge is 0.478 e. The molecule has 0 spiro atoms. The van der Waals surface area contributed by atoms with E-state index < -0.39 is 5.97 Å². The second kappa shape index (κ2) is 5.19. The summed E-state index contributed by atoms with van der Waals surface area (Å²) >= 11 is 0. The number of anilines is 1. The van der Waals surface area contributed by atoms with Gasteiger partial charge in [0, 0.05) is 18.8 Å². The van der Waals surface area contributed by atoms with E-state index in [1.807, 2.05) is 12.1 Å². The molecule has 0 radical (unpaired) electrons. The smallest absolute Gasteiger partial charge is 0.337 e. The van der Waals surface area contributed by atoms with Crippen LogP contribution >= 0.6 is 0 Å². The van der Waals surface area contributed by atoms with Gasteiger partial charge in [-0.15, -0.1) is 0 Å². The molecule has 1 aromatic carbocycles.